The molecule has 1 saturated heterocycles. The molecule has 173 valence electrons. The first-order valence-corrected chi connectivity index (χ1v) is 12.9. The van der Waals surface area contributed by atoms with Crippen LogP contribution in [0.1, 0.15) is 39.2 Å². The molecule has 0 unspecified atom stereocenters. The highest BCUT2D eigenvalue weighted by molar-refractivity contribution is 6.48. The van der Waals surface area contributed by atoms with Gasteiger partial charge in [0.05, 0.1) is 36.8 Å². The van der Waals surface area contributed by atoms with Crippen molar-refractivity contribution in [2.75, 3.05) is 18.0 Å². The van der Waals surface area contributed by atoms with E-state index in [1.54, 1.807) is 16.7 Å². The zero-order chi connectivity index (χ0) is 23.6. The smallest absolute Gasteiger partial charge is 0.414 e. The molecule has 0 saturated carbocycles. The van der Waals surface area contributed by atoms with Gasteiger partial charge in [0.15, 0.2) is 0 Å². The van der Waals surface area contributed by atoms with Gasteiger partial charge in [-0.15, -0.1) is 0 Å². The van der Waals surface area contributed by atoms with Crippen LogP contribution < -0.4 is 10.2 Å². The molecule has 10 heteroatoms. The molecule has 0 bridgehead atoms. The van der Waals surface area contributed by atoms with Crippen molar-refractivity contribution >= 4 is 26.7 Å². The second-order valence-corrected chi connectivity index (χ2v) is 11.2. The summed E-state index contributed by atoms with van der Waals surface area (Å²) in [5.41, 5.74) is 1.36. The number of hydrogen-bond donors (Lipinski definition) is 1. The lowest BCUT2D eigenvalue weighted by molar-refractivity contribution is -0.119. The van der Waals surface area contributed by atoms with E-state index in [1.807, 2.05) is 19.3 Å². The van der Waals surface area contributed by atoms with E-state index in [9.17, 15) is 9.59 Å². The third-order valence-electron chi connectivity index (χ3n) is 4.99. The van der Waals surface area contributed by atoms with Gasteiger partial charge in [0.2, 0.25) is 14.9 Å². The Bertz CT molecular complexity index is 1000. The Morgan fingerprint density at radius 3 is 2.69 bits per heavy atom. The van der Waals surface area contributed by atoms with Crippen LogP contribution in [-0.2, 0) is 26.0 Å². The van der Waals surface area contributed by atoms with Crippen LogP contribution in [0, 0.1) is 5.82 Å². The highest BCUT2D eigenvalue weighted by Gasteiger charge is 2.33. The molecular weight excluding hydrogens is 431 g/mol. The van der Waals surface area contributed by atoms with Crippen LogP contribution in [0.4, 0.5) is 14.9 Å². The first kappa shape index (κ1) is 23.9. The number of carbonyl (C=O) groups is 2. The number of cyclic esters (lactones) is 1. The lowest BCUT2D eigenvalue weighted by Crippen LogP contribution is -2.33. The molecule has 2 heterocycles. The van der Waals surface area contributed by atoms with E-state index in [0.717, 1.165) is 5.69 Å². The van der Waals surface area contributed by atoms with Crippen molar-refractivity contribution in [1.82, 2.24) is 14.9 Å². The van der Waals surface area contributed by atoms with Crippen LogP contribution in [0.15, 0.2) is 24.4 Å². The molecule has 1 fully saturated rings. The van der Waals surface area contributed by atoms with Crippen molar-refractivity contribution in [2.24, 2.45) is 0 Å². The maximum absolute atomic E-state index is 15.2. The van der Waals surface area contributed by atoms with Crippen molar-refractivity contribution in [3.05, 3.63) is 41.7 Å². The van der Waals surface area contributed by atoms with Crippen molar-refractivity contribution in [3.8, 4) is 5.69 Å². The minimum Gasteiger partial charge on any atom is -0.442 e. The molecule has 2 amide bonds. The van der Waals surface area contributed by atoms with Gasteiger partial charge >= 0.3 is 6.09 Å². The summed E-state index contributed by atoms with van der Waals surface area (Å²) in [6.45, 7) is 12.4. The average molecular weight is 462 g/mol. The third-order valence-corrected chi connectivity index (χ3v) is 5.71. The molecule has 1 aliphatic heterocycles. The molecule has 0 spiro atoms. The van der Waals surface area contributed by atoms with Gasteiger partial charge in [-0.25, -0.2) is 14.2 Å². The van der Waals surface area contributed by atoms with Gasteiger partial charge in [-0.2, -0.15) is 0 Å². The summed E-state index contributed by atoms with van der Waals surface area (Å²) in [6, 6.07) is 4.62. The number of imidazole rings is 1. The van der Waals surface area contributed by atoms with Gasteiger partial charge in [0.1, 0.15) is 17.7 Å². The van der Waals surface area contributed by atoms with Crippen LogP contribution in [-0.4, -0.2) is 49.8 Å². The summed E-state index contributed by atoms with van der Waals surface area (Å²) < 4.78 is 28.0. The second kappa shape index (κ2) is 9.41. The number of hydrogen-bond acceptors (Lipinski definition) is 5. The minimum absolute atomic E-state index is 0.204. The van der Waals surface area contributed by atoms with E-state index < -0.39 is 27.1 Å². The highest BCUT2D eigenvalue weighted by Crippen LogP contribution is 2.28. The maximum Gasteiger partial charge on any atom is 0.414 e. The van der Waals surface area contributed by atoms with Crippen molar-refractivity contribution in [1.29, 1.82) is 0 Å². The number of nitrogens with one attached hydrogen (secondary N) is 1. The van der Waals surface area contributed by atoms with Crippen LogP contribution in [0.5, 0.6) is 0 Å². The lowest BCUT2D eigenvalue weighted by atomic mass is 9.93. The second-order valence-electron chi connectivity index (χ2n) is 9.05. The van der Waals surface area contributed by atoms with Gasteiger partial charge in [-0.1, -0.05) is 20.8 Å². The summed E-state index contributed by atoms with van der Waals surface area (Å²) in [6.07, 6.45) is 0.780. The fraction of sp³-hybridized carbons (Fsp3) is 0.500. The Morgan fingerprint density at radius 1 is 1.38 bits per heavy atom. The van der Waals surface area contributed by atoms with Crippen LogP contribution >= 0.6 is 0 Å². The van der Waals surface area contributed by atoms with Crippen molar-refractivity contribution < 1.29 is 23.1 Å². The number of ether oxygens (including phenoxy) is 1. The highest BCUT2D eigenvalue weighted by atomic mass is 28.3. The summed E-state index contributed by atoms with van der Waals surface area (Å²) in [4.78, 5) is 29.4. The summed E-state index contributed by atoms with van der Waals surface area (Å²) in [5, 5.41) is 2.63. The van der Waals surface area contributed by atoms with E-state index in [0.29, 0.717) is 23.8 Å². The molecule has 1 N–H and O–H groups in total. The number of rotatable bonds is 7. The third kappa shape index (κ3) is 5.55. The molecule has 2 aromatic rings. The summed E-state index contributed by atoms with van der Waals surface area (Å²) in [5.74, 6) is -0.0639. The Hall–Kier alpha value is -2.72. The zero-order valence-electron chi connectivity index (χ0n) is 19.4. The van der Waals surface area contributed by atoms with E-state index >= 15 is 4.39 Å². The average Bonchev–Trinajstić information content (AvgIpc) is 3.28. The molecule has 1 radical (unpaired) electrons. The number of carbonyl (C=O) groups excluding carboxylic acids is 2. The van der Waals surface area contributed by atoms with Gasteiger partial charge in [-0.05, 0) is 31.3 Å². The normalized spacial score (nSPS) is 16.6. The van der Waals surface area contributed by atoms with E-state index in [4.69, 9.17) is 14.1 Å². The molecular formula is C22H30FN4O4Si. The van der Waals surface area contributed by atoms with E-state index in [2.05, 4.69) is 26.1 Å². The van der Waals surface area contributed by atoms with E-state index in [1.165, 1.54) is 17.9 Å². The fourth-order valence-electron chi connectivity index (χ4n) is 3.25. The predicted molar refractivity (Wildman–Crippen MR) is 121 cm³/mol. The summed E-state index contributed by atoms with van der Waals surface area (Å²) in [7, 11) is -0.936. The van der Waals surface area contributed by atoms with Gasteiger partial charge in [0, 0.05) is 18.5 Å². The number of amides is 2. The summed E-state index contributed by atoms with van der Waals surface area (Å²) >= 11 is 0. The largest absolute Gasteiger partial charge is 0.442 e. The molecule has 3 rings (SSSR count). The van der Waals surface area contributed by atoms with Crippen LogP contribution in [0.3, 0.4) is 0 Å². The number of benzene rings is 1. The Labute approximate surface area is 189 Å². The van der Waals surface area contributed by atoms with Gasteiger partial charge in [0.25, 0.3) is 0 Å². The molecule has 1 atom stereocenters. The number of nitrogens with zero attached hydrogens (tertiary/aromatic N) is 3. The molecule has 1 aromatic heterocycles. The predicted octanol–water partition coefficient (Wildman–Crippen LogP) is 3.54. The van der Waals surface area contributed by atoms with Crippen LogP contribution in [0.25, 0.3) is 5.69 Å². The number of aromatic nitrogens is 2. The standard InChI is InChI=1S/C22H30FN4O4Si/c1-14(28)24-10-16-11-26(21(29)31-16)15-7-8-18(17(23)9-15)27-12-19(22(2,3)4)25-20(27)13-30-32(5)6/h7-9,12,16H,10-11,13H2,1-6H3,(H,24,28)/t16-/m0/s1. The first-order valence-electron chi connectivity index (χ1n) is 10.5. The Kier molecular flexibility index (Phi) is 7.04. The maximum atomic E-state index is 15.2. The SMILES string of the molecule is CC(=O)NC[C@H]1CN(c2ccc(-n3cc(C(C)(C)C)nc3CO[Si](C)C)c(F)c2)C(=O)O1. The Balaban J connectivity index is 1.87. The van der Waals surface area contributed by atoms with Crippen molar-refractivity contribution in [3.63, 3.8) is 0 Å². The molecule has 8 nitrogen and oxygen atoms in total. The van der Waals surface area contributed by atoms with Crippen LogP contribution in [0.2, 0.25) is 13.1 Å². The van der Waals surface area contributed by atoms with Gasteiger partial charge in [-0.3, -0.25) is 14.3 Å². The zero-order valence-corrected chi connectivity index (χ0v) is 20.4. The number of anilines is 1. The Morgan fingerprint density at radius 2 is 2.09 bits per heavy atom. The molecule has 1 aliphatic rings. The lowest BCUT2D eigenvalue weighted by Gasteiger charge is -2.16. The topological polar surface area (TPSA) is 85.7 Å². The monoisotopic (exact) mass is 461 g/mol. The van der Waals surface area contributed by atoms with E-state index in [-0.39, 0.29) is 24.4 Å². The molecule has 1 aromatic carbocycles. The molecule has 32 heavy (non-hydrogen) atoms. The first-order chi connectivity index (χ1) is 15.0. The van der Waals surface area contributed by atoms with Crippen molar-refractivity contribution in [2.45, 2.75) is 58.9 Å². The fourth-order valence-corrected chi connectivity index (χ4v) is 3.67. The molecule has 0 aliphatic carbocycles. The quantitative estimate of drug-likeness (QED) is 0.638. The van der Waals surface area contributed by atoms with Gasteiger partial charge < -0.3 is 14.5 Å². The number of halogens is 1. The minimum atomic E-state index is -0.936.